The number of nitrogens with zero attached hydrogens (tertiary/aromatic N) is 2. The summed E-state index contributed by atoms with van der Waals surface area (Å²) in [5, 5.41) is 12.3. The van der Waals surface area contributed by atoms with Gasteiger partial charge in [-0.3, -0.25) is 14.5 Å². The molecule has 6 rings (SSSR count). The Bertz CT molecular complexity index is 1580. The van der Waals surface area contributed by atoms with Gasteiger partial charge < -0.3 is 23.9 Å². The molecule has 180 valence electrons. The van der Waals surface area contributed by atoms with Gasteiger partial charge in [-0.05, 0) is 36.4 Å². The lowest BCUT2D eigenvalue weighted by atomic mass is 9.94. The van der Waals surface area contributed by atoms with E-state index in [2.05, 4.69) is 0 Å². The van der Waals surface area contributed by atoms with Gasteiger partial charge in [0.25, 0.3) is 11.7 Å². The predicted molar refractivity (Wildman–Crippen MR) is 133 cm³/mol. The van der Waals surface area contributed by atoms with E-state index >= 15 is 0 Å². The zero-order chi connectivity index (χ0) is 25.0. The lowest BCUT2D eigenvalue weighted by Gasteiger charge is -2.25. The number of ketones is 1. The number of aromatic nitrogens is 1. The van der Waals surface area contributed by atoms with Crippen LogP contribution in [0.25, 0.3) is 16.7 Å². The number of Topliss-reactive ketones (excluding diaryl/α,β-unsaturated/α-hetero) is 1. The number of amides is 1. The van der Waals surface area contributed by atoms with Crippen molar-refractivity contribution in [1.29, 1.82) is 0 Å². The molecular weight excluding hydrogens is 460 g/mol. The molecule has 8 nitrogen and oxygen atoms in total. The van der Waals surface area contributed by atoms with E-state index in [1.807, 2.05) is 42.1 Å². The summed E-state index contributed by atoms with van der Waals surface area (Å²) < 4.78 is 18.1. The van der Waals surface area contributed by atoms with Crippen molar-refractivity contribution in [2.24, 2.45) is 7.05 Å². The van der Waals surface area contributed by atoms with Crippen LogP contribution in [0, 0.1) is 0 Å². The van der Waals surface area contributed by atoms with Gasteiger partial charge >= 0.3 is 0 Å². The van der Waals surface area contributed by atoms with Crippen molar-refractivity contribution in [2.75, 3.05) is 18.8 Å². The fraction of sp³-hybridized carbons (Fsp3) is 0.143. The summed E-state index contributed by atoms with van der Waals surface area (Å²) in [4.78, 5) is 28.4. The van der Waals surface area contributed by atoms with Gasteiger partial charge in [0.05, 0.1) is 18.7 Å². The first-order chi connectivity index (χ1) is 17.5. The van der Waals surface area contributed by atoms with Crippen LogP contribution in [0.1, 0.15) is 17.2 Å². The van der Waals surface area contributed by atoms with E-state index in [1.54, 1.807) is 42.5 Å². The SMILES string of the molecule is COc1cccc(N2C(=O)C(=O)/C(=C(/O)c3ccc4c(c3)OCO4)C2c2cn(C)c3ccccc23)c1. The highest BCUT2D eigenvalue weighted by atomic mass is 16.7. The molecule has 1 fully saturated rings. The average molecular weight is 482 g/mol. The number of rotatable bonds is 4. The van der Waals surface area contributed by atoms with Gasteiger partial charge in [0.15, 0.2) is 11.5 Å². The van der Waals surface area contributed by atoms with Gasteiger partial charge in [0, 0.05) is 47.0 Å². The van der Waals surface area contributed by atoms with E-state index in [9.17, 15) is 14.7 Å². The molecule has 1 atom stereocenters. The van der Waals surface area contributed by atoms with Crippen LogP contribution in [-0.4, -0.2) is 35.3 Å². The molecule has 0 bridgehead atoms. The fourth-order valence-electron chi connectivity index (χ4n) is 4.94. The fourth-order valence-corrected chi connectivity index (χ4v) is 4.94. The number of aryl methyl sites for hydroxylation is 1. The molecule has 0 radical (unpaired) electrons. The smallest absolute Gasteiger partial charge is 0.300 e. The minimum Gasteiger partial charge on any atom is -0.507 e. The van der Waals surface area contributed by atoms with Crippen molar-refractivity contribution in [3.63, 3.8) is 0 Å². The number of fused-ring (bicyclic) bond motifs is 2. The van der Waals surface area contributed by atoms with Crippen molar-refractivity contribution in [3.05, 3.63) is 89.6 Å². The maximum atomic E-state index is 13.5. The summed E-state index contributed by atoms with van der Waals surface area (Å²) in [7, 11) is 3.44. The summed E-state index contributed by atoms with van der Waals surface area (Å²) in [6, 6.07) is 18.8. The topological polar surface area (TPSA) is 90.2 Å². The molecule has 36 heavy (non-hydrogen) atoms. The molecule has 3 aromatic carbocycles. The summed E-state index contributed by atoms with van der Waals surface area (Å²) >= 11 is 0. The van der Waals surface area contributed by atoms with Crippen LogP contribution in [0.15, 0.2) is 78.5 Å². The Morgan fingerprint density at radius 3 is 2.64 bits per heavy atom. The van der Waals surface area contributed by atoms with Crippen molar-refractivity contribution in [1.82, 2.24) is 4.57 Å². The van der Waals surface area contributed by atoms with Gasteiger partial charge in [0.1, 0.15) is 11.5 Å². The maximum Gasteiger partial charge on any atom is 0.300 e. The zero-order valence-corrected chi connectivity index (χ0v) is 19.6. The van der Waals surface area contributed by atoms with Crippen molar-refractivity contribution in [3.8, 4) is 17.2 Å². The minimum absolute atomic E-state index is 0.00182. The van der Waals surface area contributed by atoms with Crippen LogP contribution in [0.3, 0.4) is 0 Å². The first-order valence-corrected chi connectivity index (χ1v) is 11.4. The highest BCUT2D eigenvalue weighted by molar-refractivity contribution is 6.52. The molecule has 1 aromatic heterocycles. The van der Waals surface area contributed by atoms with E-state index in [-0.39, 0.29) is 18.1 Å². The normalized spacial score (nSPS) is 18.3. The number of ether oxygens (including phenoxy) is 3. The number of aliphatic hydroxyl groups excluding tert-OH is 1. The molecule has 0 saturated carbocycles. The molecule has 1 amide bonds. The number of para-hydroxylation sites is 1. The summed E-state index contributed by atoms with van der Waals surface area (Å²) in [5.41, 5.74) is 2.49. The van der Waals surface area contributed by atoms with Crippen LogP contribution in [-0.2, 0) is 16.6 Å². The number of methoxy groups -OCH3 is 1. The number of hydrogen-bond donors (Lipinski definition) is 1. The number of aliphatic hydroxyl groups is 1. The second-order valence-electron chi connectivity index (χ2n) is 8.65. The standard InChI is InChI=1S/C28H22N2O6/c1-29-14-20(19-8-3-4-9-21(19)29)25-24(26(31)16-10-11-22-23(12-16)36-15-35-22)27(32)28(33)30(25)17-6-5-7-18(13-17)34-2/h3-14,25,31H,15H2,1-2H3/b26-24+. The van der Waals surface area contributed by atoms with Crippen molar-refractivity contribution in [2.45, 2.75) is 6.04 Å². The first kappa shape index (κ1) is 21.8. The molecule has 1 N–H and O–H groups in total. The number of anilines is 1. The van der Waals surface area contributed by atoms with Gasteiger partial charge in [-0.2, -0.15) is 0 Å². The summed E-state index contributed by atoms with van der Waals surface area (Å²) in [6.45, 7) is 0.0792. The predicted octanol–water partition coefficient (Wildman–Crippen LogP) is 4.54. The van der Waals surface area contributed by atoms with Gasteiger partial charge in [-0.25, -0.2) is 0 Å². The highest BCUT2D eigenvalue weighted by Crippen LogP contribution is 2.46. The third kappa shape index (κ3) is 3.22. The molecule has 1 unspecified atom stereocenters. The van der Waals surface area contributed by atoms with E-state index in [1.165, 1.54) is 12.0 Å². The van der Waals surface area contributed by atoms with Crippen LogP contribution >= 0.6 is 0 Å². The lowest BCUT2D eigenvalue weighted by molar-refractivity contribution is -0.132. The third-order valence-corrected chi connectivity index (χ3v) is 6.64. The Morgan fingerprint density at radius 1 is 1.00 bits per heavy atom. The van der Waals surface area contributed by atoms with Gasteiger partial charge in [-0.15, -0.1) is 0 Å². The van der Waals surface area contributed by atoms with Crippen LogP contribution in [0.5, 0.6) is 17.2 Å². The average Bonchev–Trinajstić information content (AvgIpc) is 3.58. The van der Waals surface area contributed by atoms with Gasteiger partial charge in [-0.1, -0.05) is 24.3 Å². The molecule has 0 spiro atoms. The third-order valence-electron chi connectivity index (χ3n) is 6.64. The Kier molecular flexibility index (Phi) is 4.96. The Morgan fingerprint density at radius 2 is 1.81 bits per heavy atom. The molecule has 2 aliphatic rings. The second kappa shape index (κ2) is 8.20. The van der Waals surface area contributed by atoms with E-state index < -0.39 is 17.7 Å². The number of hydrogen-bond acceptors (Lipinski definition) is 6. The monoisotopic (exact) mass is 482 g/mol. The largest absolute Gasteiger partial charge is 0.507 e. The molecule has 4 aromatic rings. The molecule has 3 heterocycles. The second-order valence-corrected chi connectivity index (χ2v) is 8.65. The van der Waals surface area contributed by atoms with E-state index in [0.717, 1.165) is 16.5 Å². The van der Waals surface area contributed by atoms with Crippen LogP contribution in [0.4, 0.5) is 5.69 Å². The van der Waals surface area contributed by atoms with Crippen LogP contribution < -0.4 is 19.1 Å². The lowest BCUT2D eigenvalue weighted by Crippen LogP contribution is -2.29. The van der Waals surface area contributed by atoms with Gasteiger partial charge in [0.2, 0.25) is 6.79 Å². The van der Waals surface area contributed by atoms with Crippen molar-refractivity contribution < 1.29 is 28.9 Å². The zero-order valence-electron chi connectivity index (χ0n) is 19.6. The highest BCUT2D eigenvalue weighted by Gasteiger charge is 2.48. The molecule has 0 aliphatic carbocycles. The molecular formula is C28H22N2O6. The molecule has 2 aliphatic heterocycles. The maximum absolute atomic E-state index is 13.5. The summed E-state index contributed by atoms with van der Waals surface area (Å²) in [5.74, 6) is -0.233. The van der Waals surface area contributed by atoms with E-state index in [0.29, 0.717) is 28.5 Å². The van der Waals surface area contributed by atoms with E-state index in [4.69, 9.17) is 14.2 Å². The number of carbonyl (C=O) groups is 2. The number of benzene rings is 3. The molecule has 8 heteroatoms. The van der Waals surface area contributed by atoms with Crippen LogP contribution in [0.2, 0.25) is 0 Å². The van der Waals surface area contributed by atoms with Crippen molar-refractivity contribution >= 4 is 34.0 Å². The quantitative estimate of drug-likeness (QED) is 0.261. The Labute approximate surface area is 206 Å². The molecule has 1 saturated heterocycles. The Hall–Kier alpha value is -4.72. The summed E-state index contributed by atoms with van der Waals surface area (Å²) in [6.07, 6.45) is 1.89. The first-order valence-electron chi connectivity index (χ1n) is 11.4. The number of carbonyl (C=O) groups excluding carboxylic acids is 2. The Balaban J connectivity index is 1.61. The minimum atomic E-state index is -0.867.